The van der Waals surface area contributed by atoms with Crippen molar-refractivity contribution in [1.29, 1.82) is 0 Å². The van der Waals surface area contributed by atoms with E-state index in [-0.39, 0.29) is 18.5 Å². The summed E-state index contributed by atoms with van der Waals surface area (Å²) in [6.07, 6.45) is 0. The molecule has 1 aliphatic rings. The molecule has 0 radical (unpaired) electrons. The molecular formula is C9H18N2O2. The molecule has 0 bridgehead atoms. The highest BCUT2D eigenvalue weighted by Crippen LogP contribution is 2.08. The van der Waals surface area contributed by atoms with Gasteiger partial charge in [0, 0.05) is 13.1 Å². The normalized spacial score (nSPS) is 16.0. The van der Waals surface area contributed by atoms with Gasteiger partial charge in [0.15, 0.2) is 0 Å². The number of carbonyl (C=O) groups excluding carboxylic acids is 2. The SMILES string of the molecule is CC.CCN1CC(=O)N(CC)C1=O. The maximum absolute atomic E-state index is 11.2. The van der Waals surface area contributed by atoms with E-state index >= 15 is 0 Å². The van der Waals surface area contributed by atoms with Crippen LogP contribution >= 0.6 is 0 Å². The van der Waals surface area contributed by atoms with E-state index in [4.69, 9.17) is 0 Å². The molecule has 0 unspecified atom stereocenters. The lowest BCUT2D eigenvalue weighted by atomic mass is 10.5. The van der Waals surface area contributed by atoms with E-state index in [0.29, 0.717) is 13.1 Å². The third-order valence-corrected chi connectivity index (χ3v) is 1.83. The van der Waals surface area contributed by atoms with E-state index < -0.39 is 0 Å². The predicted octanol–water partition coefficient (Wildman–Crippen LogP) is 1.32. The quantitative estimate of drug-likeness (QED) is 0.610. The molecule has 1 rings (SSSR count). The van der Waals surface area contributed by atoms with E-state index in [2.05, 4.69) is 0 Å². The van der Waals surface area contributed by atoms with Crippen molar-refractivity contribution in [3.05, 3.63) is 0 Å². The minimum absolute atomic E-state index is 0.0839. The second kappa shape index (κ2) is 5.56. The van der Waals surface area contributed by atoms with Gasteiger partial charge in [0.25, 0.3) is 0 Å². The van der Waals surface area contributed by atoms with Crippen molar-refractivity contribution in [2.45, 2.75) is 27.7 Å². The van der Waals surface area contributed by atoms with Gasteiger partial charge in [-0.05, 0) is 13.8 Å². The van der Waals surface area contributed by atoms with Crippen molar-refractivity contribution < 1.29 is 9.59 Å². The van der Waals surface area contributed by atoms with Gasteiger partial charge in [-0.2, -0.15) is 0 Å². The van der Waals surface area contributed by atoms with Crippen LogP contribution in [0, 0.1) is 0 Å². The number of imide groups is 1. The molecule has 0 aliphatic carbocycles. The molecule has 13 heavy (non-hydrogen) atoms. The summed E-state index contributed by atoms with van der Waals surface area (Å²) in [5.74, 6) is -0.0839. The number of rotatable bonds is 2. The van der Waals surface area contributed by atoms with Crippen LogP contribution < -0.4 is 0 Å². The lowest BCUT2D eigenvalue weighted by molar-refractivity contribution is -0.125. The average molecular weight is 186 g/mol. The Hall–Kier alpha value is -1.06. The van der Waals surface area contributed by atoms with Gasteiger partial charge in [-0.15, -0.1) is 0 Å². The number of amides is 3. The standard InChI is InChI=1S/C7H12N2O2.C2H6/c1-3-8-5-6(10)9(4-2)7(8)11;1-2/h3-5H2,1-2H3;1-2H3. The first-order valence-electron chi connectivity index (χ1n) is 4.80. The first kappa shape index (κ1) is 11.9. The molecule has 76 valence electrons. The van der Waals surface area contributed by atoms with Crippen LogP contribution in [-0.2, 0) is 4.79 Å². The molecular weight excluding hydrogens is 168 g/mol. The first-order valence-corrected chi connectivity index (χ1v) is 4.80. The van der Waals surface area contributed by atoms with Gasteiger partial charge in [0.1, 0.15) is 6.54 Å². The summed E-state index contributed by atoms with van der Waals surface area (Å²) in [5, 5.41) is 0. The summed E-state index contributed by atoms with van der Waals surface area (Å²) in [6.45, 7) is 9.01. The van der Waals surface area contributed by atoms with Crippen molar-refractivity contribution in [3.63, 3.8) is 0 Å². The highest BCUT2D eigenvalue weighted by molar-refractivity contribution is 6.01. The summed E-state index contributed by atoms with van der Waals surface area (Å²) < 4.78 is 0. The number of urea groups is 1. The molecule has 4 heteroatoms. The lowest BCUT2D eigenvalue weighted by Gasteiger charge is -2.12. The average Bonchev–Trinajstić information content (AvgIpc) is 2.44. The fourth-order valence-electron chi connectivity index (χ4n) is 1.15. The van der Waals surface area contributed by atoms with Gasteiger partial charge < -0.3 is 4.90 Å². The van der Waals surface area contributed by atoms with Crippen LogP contribution in [0.3, 0.4) is 0 Å². The van der Waals surface area contributed by atoms with Crippen molar-refractivity contribution in [2.24, 2.45) is 0 Å². The Morgan fingerprint density at radius 3 is 1.92 bits per heavy atom. The molecule has 0 aromatic heterocycles. The summed E-state index contributed by atoms with van der Waals surface area (Å²) in [5.41, 5.74) is 0. The molecule has 1 fully saturated rings. The number of carbonyl (C=O) groups is 2. The molecule has 0 aromatic rings. The zero-order valence-electron chi connectivity index (χ0n) is 8.83. The zero-order chi connectivity index (χ0) is 10.4. The van der Waals surface area contributed by atoms with Gasteiger partial charge in [-0.3, -0.25) is 9.69 Å². The highest BCUT2D eigenvalue weighted by Gasteiger charge is 2.33. The van der Waals surface area contributed by atoms with Gasteiger partial charge in [0.2, 0.25) is 5.91 Å². The molecule has 0 saturated carbocycles. The van der Waals surface area contributed by atoms with Gasteiger partial charge in [0.05, 0.1) is 0 Å². The molecule has 3 amide bonds. The van der Waals surface area contributed by atoms with Crippen LogP contribution in [0.1, 0.15) is 27.7 Å². The number of hydrogen-bond donors (Lipinski definition) is 0. The number of hydrogen-bond acceptors (Lipinski definition) is 2. The Balaban J connectivity index is 0.000000671. The maximum atomic E-state index is 11.2. The Labute approximate surface area is 79.5 Å². The fraction of sp³-hybridized carbons (Fsp3) is 0.778. The third-order valence-electron chi connectivity index (χ3n) is 1.83. The highest BCUT2D eigenvalue weighted by atomic mass is 16.2. The van der Waals surface area contributed by atoms with Crippen LogP contribution in [0.25, 0.3) is 0 Å². The van der Waals surface area contributed by atoms with Crippen LogP contribution in [-0.4, -0.2) is 41.4 Å². The largest absolute Gasteiger partial charge is 0.327 e. The van der Waals surface area contributed by atoms with Crippen LogP contribution in [0.15, 0.2) is 0 Å². The van der Waals surface area contributed by atoms with Crippen LogP contribution in [0.4, 0.5) is 4.79 Å². The van der Waals surface area contributed by atoms with E-state index in [1.807, 2.05) is 20.8 Å². The minimum Gasteiger partial charge on any atom is -0.315 e. The van der Waals surface area contributed by atoms with E-state index in [1.165, 1.54) is 9.80 Å². The Morgan fingerprint density at radius 1 is 1.15 bits per heavy atom. The number of nitrogens with zero attached hydrogens (tertiary/aromatic N) is 2. The maximum Gasteiger partial charge on any atom is 0.327 e. The van der Waals surface area contributed by atoms with Crippen molar-refractivity contribution >= 4 is 11.9 Å². The van der Waals surface area contributed by atoms with Gasteiger partial charge >= 0.3 is 6.03 Å². The van der Waals surface area contributed by atoms with Crippen LogP contribution in [0.5, 0.6) is 0 Å². The smallest absolute Gasteiger partial charge is 0.315 e. The molecule has 0 aromatic carbocycles. The molecule has 0 atom stereocenters. The Bertz CT molecular complexity index is 192. The molecule has 0 spiro atoms. The summed E-state index contributed by atoms with van der Waals surface area (Å²) in [6, 6.07) is -0.153. The van der Waals surface area contributed by atoms with Crippen LogP contribution in [0.2, 0.25) is 0 Å². The Morgan fingerprint density at radius 2 is 1.69 bits per heavy atom. The fourth-order valence-corrected chi connectivity index (χ4v) is 1.15. The first-order chi connectivity index (χ1) is 6.20. The summed E-state index contributed by atoms with van der Waals surface area (Å²) in [7, 11) is 0. The lowest BCUT2D eigenvalue weighted by Crippen LogP contribution is -2.32. The second-order valence-electron chi connectivity index (χ2n) is 2.43. The molecule has 1 heterocycles. The minimum atomic E-state index is -0.153. The summed E-state index contributed by atoms with van der Waals surface area (Å²) >= 11 is 0. The van der Waals surface area contributed by atoms with Crippen molar-refractivity contribution in [1.82, 2.24) is 9.80 Å². The zero-order valence-corrected chi connectivity index (χ0v) is 8.83. The molecule has 1 saturated heterocycles. The Kier molecular flexibility index (Phi) is 5.11. The molecule has 4 nitrogen and oxygen atoms in total. The molecule has 0 N–H and O–H groups in total. The summed E-state index contributed by atoms with van der Waals surface area (Å²) in [4.78, 5) is 25.1. The van der Waals surface area contributed by atoms with E-state index in [1.54, 1.807) is 6.92 Å². The predicted molar refractivity (Wildman–Crippen MR) is 51.4 cm³/mol. The van der Waals surface area contributed by atoms with Crippen molar-refractivity contribution in [2.75, 3.05) is 19.6 Å². The number of likely N-dealkylation sites (N-methyl/N-ethyl adjacent to an activating group) is 2. The van der Waals surface area contributed by atoms with E-state index in [0.717, 1.165) is 0 Å². The van der Waals surface area contributed by atoms with Gasteiger partial charge in [-0.1, -0.05) is 13.8 Å². The third kappa shape index (κ3) is 2.44. The molecule has 1 aliphatic heterocycles. The van der Waals surface area contributed by atoms with E-state index in [9.17, 15) is 9.59 Å². The second-order valence-corrected chi connectivity index (χ2v) is 2.43. The monoisotopic (exact) mass is 186 g/mol. The van der Waals surface area contributed by atoms with Gasteiger partial charge in [-0.25, -0.2) is 4.79 Å². The topological polar surface area (TPSA) is 40.6 Å². The van der Waals surface area contributed by atoms with Crippen molar-refractivity contribution in [3.8, 4) is 0 Å².